The lowest BCUT2D eigenvalue weighted by molar-refractivity contribution is -0.122. The van der Waals surface area contributed by atoms with Crippen molar-refractivity contribution in [2.24, 2.45) is 11.7 Å². The first kappa shape index (κ1) is 21.0. The van der Waals surface area contributed by atoms with Gasteiger partial charge in [-0.05, 0) is 44.0 Å². The minimum Gasteiger partial charge on any atom is -0.334 e. The van der Waals surface area contributed by atoms with Gasteiger partial charge >= 0.3 is 6.03 Å². The summed E-state index contributed by atoms with van der Waals surface area (Å²) in [4.78, 5) is 24.0. The summed E-state index contributed by atoms with van der Waals surface area (Å²) in [6.45, 7) is 5.89. The molecule has 1 fully saturated rings. The van der Waals surface area contributed by atoms with Crippen LogP contribution in [-0.2, 0) is 4.79 Å². The molecule has 0 saturated heterocycles. The van der Waals surface area contributed by atoms with Crippen LogP contribution in [0.25, 0.3) is 0 Å². The summed E-state index contributed by atoms with van der Waals surface area (Å²) in [5.41, 5.74) is 7.16. The molecule has 138 valence electrons. The number of carbonyl (C=O) groups excluding carboxylic acids is 2. The first-order chi connectivity index (χ1) is 11.4. The zero-order chi connectivity index (χ0) is 17.6. The lowest BCUT2D eigenvalue weighted by Gasteiger charge is -2.37. The number of nitrogens with one attached hydrogen (secondary N) is 3. The van der Waals surface area contributed by atoms with Crippen LogP contribution in [0.2, 0.25) is 0 Å². The van der Waals surface area contributed by atoms with Gasteiger partial charge in [0, 0.05) is 23.5 Å². The first-order valence-corrected chi connectivity index (χ1v) is 8.28. The van der Waals surface area contributed by atoms with Crippen LogP contribution in [0.5, 0.6) is 0 Å². The Kier molecular flexibility index (Phi) is 7.93. The Labute approximate surface area is 155 Å². The van der Waals surface area contributed by atoms with Gasteiger partial charge in [0.2, 0.25) is 5.91 Å². The number of hydrogen-bond donors (Lipinski definition) is 4. The second-order valence-electron chi connectivity index (χ2n) is 6.49. The van der Waals surface area contributed by atoms with Crippen molar-refractivity contribution in [2.45, 2.75) is 38.1 Å². The Bertz CT molecular complexity index is 602. The predicted octanol–water partition coefficient (Wildman–Crippen LogP) is 3.26. The quantitative estimate of drug-likeness (QED) is 0.602. The number of anilines is 2. The maximum atomic E-state index is 12.5. The Morgan fingerprint density at radius 2 is 1.84 bits per heavy atom. The highest BCUT2D eigenvalue weighted by Gasteiger charge is 2.37. The van der Waals surface area contributed by atoms with Gasteiger partial charge in [0.15, 0.2) is 0 Å². The van der Waals surface area contributed by atoms with Crippen molar-refractivity contribution in [3.8, 4) is 0 Å². The van der Waals surface area contributed by atoms with E-state index in [-0.39, 0.29) is 30.3 Å². The molecule has 1 aliphatic carbocycles. The van der Waals surface area contributed by atoms with Crippen LogP contribution >= 0.6 is 12.4 Å². The van der Waals surface area contributed by atoms with Crippen molar-refractivity contribution in [3.05, 3.63) is 36.9 Å². The van der Waals surface area contributed by atoms with Gasteiger partial charge in [-0.1, -0.05) is 18.9 Å². The number of benzene rings is 1. The number of rotatable bonds is 5. The molecule has 25 heavy (non-hydrogen) atoms. The molecule has 0 aliphatic heterocycles. The molecule has 2 unspecified atom stereocenters. The first-order valence-electron chi connectivity index (χ1n) is 8.28. The molecule has 1 aliphatic rings. The molecular formula is C18H27ClN4O2. The highest BCUT2D eigenvalue weighted by molar-refractivity contribution is 5.94. The van der Waals surface area contributed by atoms with Gasteiger partial charge in [-0.15, -0.1) is 19.0 Å². The SMILES string of the molecule is C=CCNC(=O)Nc1ccc(NC(=O)C2CCCCC2(C)N)cc1.Cl. The molecular weight excluding hydrogens is 340 g/mol. The Morgan fingerprint density at radius 1 is 1.24 bits per heavy atom. The van der Waals surface area contributed by atoms with Crippen molar-refractivity contribution >= 4 is 35.7 Å². The van der Waals surface area contributed by atoms with E-state index in [9.17, 15) is 9.59 Å². The normalized spacial score (nSPS) is 22.2. The largest absolute Gasteiger partial charge is 0.334 e. The minimum atomic E-state index is -0.451. The molecule has 1 saturated carbocycles. The summed E-state index contributed by atoms with van der Waals surface area (Å²) in [7, 11) is 0. The van der Waals surface area contributed by atoms with Gasteiger partial charge < -0.3 is 21.7 Å². The number of urea groups is 1. The number of halogens is 1. The summed E-state index contributed by atoms with van der Waals surface area (Å²) in [6.07, 6.45) is 5.41. The molecule has 6 nitrogen and oxygen atoms in total. The summed E-state index contributed by atoms with van der Waals surface area (Å²) in [5.74, 6) is -0.210. The van der Waals surface area contributed by atoms with Crippen molar-refractivity contribution in [1.82, 2.24) is 5.32 Å². The zero-order valence-corrected chi connectivity index (χ0v) is 15.3. The number of carbonyl (C=O) groups is 2. The third-order valence-corrected chi connectivity index (χ3v) is 4.39. The van der Waals surface area contributed by atoms with Crippen molar-refractivity contribution in [3.63, 3.8) is 0 Å². The van der Waals surface area contributed by atoms with Crippen LogP contribution in [0.1, 0.15) is 32.6 Å². The maximum absolute atomic E-state index is 12.5. The highest BCUT2D eigenvalue weighted by Crippen LogP contribution is 2.32. The van der Waals surface area contributed by atoms with E-state index in [0.29, 0.717) is 17.9 Å². The third-order valence-electron chi connectivity index (χ3n) is 4.39. The molecule has 1 aromatic carbocycles. The molecule has 2 rings (SSSR count). The predicted molar refractivity (Wildman–Crippen MR) is 104 cm³/mol. The summed E-state index contributed by atoms with van der Waals surface area (Å²) < 4.78 is 0. The summed E-state index contributed by atoms with van der Waals surface area (Å²) in [5, 5.41) is 8.25. The fraction of sp³-hybridized carbons (Fsp3) is 0.444. The summed E-state index contributed by atoms with van der Waals surface area (Å²) in [6, 6.07) is 6.71. The van der Waals surface area contributed by atoms with E-state index in [4.69, 9.17) is 5.73 Å². The standard InChI is InChI=1S/C18H26N4O2.ClH/c1-3-12-20-17(24)22-14-9-7-13(8-10-14)21-16(23)15-6-4-5-11-18(15,2)19;/h3,7-10,15H,1,4-6,11-12,19H2,2H3,(H,21,23)(H2,20,22,24);1H. The molecule has 7 heteroatoms. The number of amides is 3. The van der Waals surface area contributed by atoms with Crippen LogP contribution in [0.3, 0.4) is 0 Å². The lowest BCUT2D eigenvalue weighted by Crippen LogP contribution is -2.51. The van der Waals surface area contributed by atoms with Crippen molar-refractivity contribution < 1.29 is 9.59 Å². The molecule has 0 spiro atoms. The Morgan fingerprint density at radius 3 is 2.40 bits per heavy atom. The molecule has 3 amide bonds. The second-order valence-corrected chi connectivity index (χ2v) is 6.49. The number of hydrogen-bond acceptors (Lipinski definition) is 3. The van der Waals surface area contributed by atoms with E-state index in [1.54, 1.807) is 30.3 Å². The molecule has 2 atom stereocenters. The van der Waals surface area contributed by atoms with Crippen LogP contribution in [0.15, 0.2) is 36.9 Å². The van der Waals surface area contributed by atoms with Gasteiger partial charge in [-0.2, -0.15) is 0 Å². The van der Waals surface area contributed by atoms with E-state index in [2.05, 4.69) is 22.5 Å². The fourth-order valence-corrected chi connectivity index (χ4v) is 3.00. The van der Waals surface area contributed by atoms with Gasteiger partial charge in [-0.25, -0.2) is 4.79 Å². The smallest absolute Gasteiger partial charge is 0.319 e. The van der Waals surface area contributed by atoms with Gasteiger partial charge in [0.05, 0.1) is 5.92 Å². The Hall–Kier alpha value is -2.05. The molecule has 0 aromatic heterocycles. The van der Waals surface area contributed by atoms with Gasteiger partial charge in [-0.3, -0.25) is 4.79 Å². The van der Waals surface area contributed by atoms with Gasteiger partial charge in [0.25, 0.3) is 0 Å². The molecule has 0 heterocycles. The van der Waals surface area contributed by atoms with E-state index < -0.39 is 5.54 Å². The summed E-state index contributed by atoms with van der Waals surface area (Å²) >= 11 is 0. The van der Waals surface area contributed by atoms with E-state index >= 15 is 0 Å². The number of nitrogens with two attached hydrogens (primary N) is 1. The van der Waals surface area contributed by atoms with Crippen LogP contribution in [0, 0.1) is 5.92 Å². The average Bonchev–Trinajstić information content (AvgIpc) is 2.54. The van der Waals surface area contributed by atoms with Crippen molar-refractivity contribution in [2.75, 3.05) is 17.2 Å². The zero-order valence-electron chi connectivity index (χ0n) is 14.5. The average molecular weight is 367 g/mol. The fourth-order valence-electron chi connectivity index (χ4n) is 3.00. The molecule has 0 bridgehead atoms. The molecule has 0 radical (unpaired) electrons. The van der Waals surface area contributed by atoms with E-state index in [0.717, 1.165) is 25.7 Å². The second kappa shape index (κ2) is 9.44. The highest BCUT2D eigenvalue weighted by atomic mass is 35.5. The van der Waals surface area contributed by atoms with Crippen LogP contribution in [0.4, 0.5) is 16.2 Å². The van der Waals surface area contributed by atoms with E-state index in [1.807, 2.05) is 6.92 Å². The molecule has 1 aromatic rings. The monoisotopic (exact) mass is 366 g/mol. The topological polar surface area (TPSA) is 96.2 Å². The Balaban J connectivity index is 0.00000312. The van der Waals surface area contributed by atoms with Crippen molar-refractivity contribution in [1.29, 1.82) is 0 Å². The van der Waals surface area contributed by atoms with Crippen LogP contribution < -0.4 is 21.7 Å². The lowest BCUT2D eigenvalue weighted by atomic mass is 9.74. The van der Waals surface area contributed by atoms with Gasteiger partial charge in [0.1, 0.15) is 0 Å². The maximum Gasteiger partial charge on any atom is 0.319 e. The molecule has 5 N–H and O–H groups in total. The minimum absolute atomic E-state index is 0. The van der Waals surface area contributed by atoms with Crippen LogP contribution in [-0.4, -0.2) is 24.0 Å². The van der Waals surface area contributed by atoms with E-state index in [1.165, 1.54) is 0 Å². The third kappa shape index (κ3) is 6.07.